The van der Waals surface area contributed by atoms with E-state index in [1.165, 1.54) is 33.4 Å². The molecule has 0 heterocycles. The summed E-state index contributed by atoms with van der Waals surface area (Å²) in [6.45, 7) is 5.61. The summed E-state index contributed by atoms with van der Waals surface area (Å²) in [5.74, 6) is 1.78. The van der Waals surface area contributed by atoms with E-state index in [-0.39, 0.29) is 0 Å². The van der Waals surface area contributed by atoms with Crippen LogP contribution in [0.2, 0.25) is 0 Å². The van der Waals surface area contributed by atoms with Crippen LogP contribution in [0.5, 0.6) is 11.5 Å². The molecule has 4 rings (SSSR count). The molecule has 0 aliphatic carbocycles. The van der Waals surface area contributed by atoms with Crippen LogP contribution in [0, 0.1) is 0 Å². The molecule has 0 fully saturated rings. The SMILES string of the molecule is CCC(=C(CC)c1ccc(OCc2ccccc2)cc1)c1ccc(OCc2ccccc2)cc1. The van der Waals surface area contributed by atoms with Gasteiger partial charge >= 0.3 is 0 Å². The van der Waals surface area contributed by atoms with Gasteiger partial charge in [0.1, 0.15) is 24.7 Å². The highest BCUT2D eigenvalue weighted by Crippen LogP contribution is 2.33. The summed E-state index contributed by atoms with van der Waals surface area (Å²) in [4.78, 5) is 0. The van der Waals surface area contributed by atoms with Crippen LogP contribution in [0.3, 0.4) is 0 Å². The number of benzene rings is 4. The van der Waals surface area contributed by atoms with E-state index in [0.717, 1.165) is 24.3 Å². The first-order valence-corrected chi connectivity index (χ1v) is 12.0. The van der Waals surface area contributed by atoms with Gasteiger partial charge in [0.25, 0.3) is 0 Å². The van der Waals surface area contributed by atoms with Gasteiger partial charge in [-0.2, -0.15) is 0 Å². The van der Waals surface area contributed by atoms with Gasteiger partial charge in [0, 0.05) is 0 Å². The van der Waals surface area contributed by atoms with Crippen LogP contribution < -0.4 is 9.47 Å². The van der Waals surface area contributed by atoms with Crippen molar-refractivity contribution in [1.29, 1.82) is 0 Å². The first-order valence-electron chi connectivity index (χ1n) is 12.0. The van der Waals surface area contributed by atoms with E-state index in [0.29, 0.717) is 13.2 Å². The normalized spacial score (nSPS) is 11.6. The van der Waals surface area contributed by atoms with Gasteiger partial charge in [-0.05, 0) is 70.5 Å². The predicted octanol–water partition coefficient (Wildman–Crippen LogP) is 8.58. The molecule has 4 aromatic rings. The average molecular weight is 449 g/mol. The minimum absolute atomic E-state index is 0.579. The highest BCUT2D eigenvalue weighted by Gasteiger charge is 2.10. The molecule has 0 aliphatic heterocycles. The molecule has 0 saturated carbocycles. The van der Waals surface area contributed by atoms with Crippen LogP contribution in [0.1, 0.15) is 48.9 Å². The molecule has 0 amide bonds. The summed E-state index contributed by atoms with van der Waals surface area (Å²) in [5, 5.41) is 0. The van der Waals surface area contributed by atoms with Crippen LogP contribution in [-0.4, -0.2) is 0 Å². The highest BCUT2D eigenvalue weighted by molar-refractivity contribution is 5.90. The lowest BCUT2D eigenvalue weighted by Gasteiger charge is -2.15. The van der Waals surface area contributed by atoms with E-state index in [1.54, 1.807) is 0 Å². The van der Waals surface area contributed by atoms with Gasteiger partial charge < -0.3 is 9.47 Å². The summed E-state index contributed by atoms with van der Waals surface area (Å²) in [7, 11) is 0. The van der Waals surface area contributed by atoms with Crippen LogP contribution in [0.15, 0.2) is 109 Å². The summed E-state index contributed by atoms with van der Waals surface area (Å²) >= 11 is 0. The smallest absolute Gasteiger partial charge is 0.119 e. The Kier molecular flexibility index (Phi) is 8.18. The number of rotatable bonds is 10. The average Bonchev–Trinajstić information content (AvgIpc) is 2.91. The maximum atomic E-state index is 5.97. The predicted molar refractivity (Wildman–Crippen MR) is 142 cm³/mol. The first kappa shape index (κ1) is 23.4. The lowest BCUT2D eigenvalue weighted by atomic mass is 9.91. The third-order valence-corrected chi connectivity index (χ3v) is 5.97. The zero-order valence-corrected chi connectivity index (χ0v) is 20.0. The number of allylic oxidation sites excluding steroid dienone is 2. The highest BCUT2D eigenvalue weighted by atomic mass is 16.5. The fraction of sp³-hybridized carbons (Fsp3) is 0.188. The van der Waals surface area contributed by atoms with E-state index in [4.69, 9.17) is 9.47 Å². The maximum Gasteiger partial charge on any atom is 0.119 e. The van der Waals surface area contributed by atoms with Gasteiger partial charge in [0.2, 0.25) is 0 Å². The topological polar surface area (TPSA) is 18.5 Å². The van der Waals surface area contributed by atoms with Crippen molar-refractivity contribution in [1.82, 2.24) is 0 Å². The van der Waals surface area contributed by atoms with Crippen LogP contribution in [0.25, 0.3) is 11.1 Å². The van der Waals surface area contributed by atoms with E-state index >= 15 is 0 Å². The summed E-state index contributed by atoms with van der Waals surface area (Å²) in [6.07, 6.45) is 1.94. The van der Waals surface area contributed by atoms with Crippen molar-refractivity contribution in [2.45, 2.75) is 39.9 Å². The quantitative estimate of drug-likeness (QED) is 0.226. The van der Waals surface area contributed by atoms with Gasteiger partial charge in [-0.15, -0.1) is 0 Å². The Hall–Kier alpha value is -3.78. The Balaban J connectivity index is 1.46. The van der Waals surface area contributed by atoms with Gasteiger partial charge in [0.05, 0.1) is 0 Å². The van der Waals surface area contributed by atoms with E-state index in [1.807, 2.05) is 36.4 Å². The summed E-state index contributed by atoms with van der Waals surface area (Å²) < 4.78 is 11.9. The molecule has 0 aliphatic rings. The van der Waals surface area contributed by atoms with E-state index in [2.05, 4.69) is 86.6 Å². The molecule has 0 unspecified atom stereocenters. The molecule has 34 heavy (non-hydrogen) atoms. The molecule has 0 bridgehead atoms. The second kappa shape index (κ2) is 11.9. The van der Waals surface area contributed by atoms with Crippen molar-refractivity contribution in [3.63, 3.8) is 0 Å². The lowest BCUT2D eigenvalue weighted by molar-refractivity contribution is 0.306. The molecule has 0 aromatic heterocycles. The third-order valence-electron chi connectivity index (χ3n) is 5.97. The van der Waals surface area contributed by atoms with Crippen molar-refractivity contribution in [3.8, 4) is 11.5 Å². The van der Waals surface area contributed by atoms with Crippen molar-refractivity contribution in [2.24, 2.45) is 0 Å². The fourth-order valence-corrected chi connectivity index (χ4v) is 4.17. The fourth-order valence-electron chi connectivity index (χ4n) is 4.17. The summed E-state index contributed by atoms with van der Waals surface area (Å²) in [5.41, 5.74) is 7.58. The largest absolute Gasteiger partial charge is 0.489 e. The van der Waals surface area contributed by atoms with Gasteiger partial charge in [-0.3, -0.25) is 0 Å². The van der Waals surface area contributed by atoms with Crippen LogP contribution in [-0.2, 0) is 13.2 Å². The van der Waals surface area contributed by atoms with Gasteiger partial charge in [-0.25, -0.2) is 0 Å². The molecule has 0 N–H and O–H groups in total. The van der Waals surface area contributed by atoms with E-state index < -0.39 is 0 Å². The van der Waals surface area contributed by atoms with E-state index in [9.17, 15) is 0 Å². The Morgan fingerprint density at radius 3 is 1.15 bits per heavy atom. The zero-order chi connectivity index (χ0) is 23.6. The zero-order valence-electron chi connectivity index (χ0n) is 20.0. The Labute approximate surface area is 203 Å². The number of hydrogen-bond donors (Lipinski definition) is 0. The Bertz CT molecular complexity index is 1080. The second-order valence-electron chi connectivity index (χ2n) is 8.26. The molecular formula is C32H32O2. The van der Waals surface area contributed by atoms with Crippen LogP contribution >= 0.6 is 0 Å². The lowest BCUT2D eigenvalue weighted by Crippen LogP contribution is -1.97. The summed E-state index contributed by atoms with van der Waals surface area (Å²) in [6, 6.07) is 37.5. The minimum Gasteiger partial charge on any atom is -0.489 e. The molecule has 0 radical (unpaired) electrons. The van der Waals surface area contributed by atoms with Crippen molar-refractivity contribution < 1.29 is 9.47 Å². The van der Waals surface area contributed by atoms with Gasteiger partial charge in [-0.1, -0.05) is 98.8 Å². The molecule has 0 spiro atoms. The second-order valence-corrected chi connectivity index (χ2v) is 8.26. The Morgan fingerprint density at radius 2 is 0.824 bits per heavy atom. The molecule has 0 atom stereocenters. The third kappa shape index (κ3) is 6.17. The van der Waals surface area contributed by atoms with Crippen molar-refractivity contribution in [3.05, 3.63) is 131 Å². The molecule has 4 aromatic carbocycles. The Morgan fingerprint density at radius 1 is 0.471 bits per heavy atom. The minimum atomic E-state index is 0.579. The molecule has 0 saturated heterocycles. The first-order chi connectivity index (χ1) is 16.8. The van der Waals surface area contributed by atoms with Gasteiger partial charge in [0.15, 0.2) is 0 Å². The monoisotopic (exact) mass is 448 g/mol. The van der Waals surface area contributed by atoms with Crippen molar-refractivity contribution >= 4 is 11.1 Å². The molecule has 172 valence electrons. The number of ether oxygens (including phenoxy) is 2. The molecule has 2 heteroatoms. The standard InChI is InChI=1S/C32H32O2/c1-3-31(27-15-19-29(20-16-27)33-23-25-11-7-5-8-12-25)32(4-2)28-17-21-30(22-18-28)34-24-26-13-9-6-10-14-26/h5-22H,3-4,23-24H2,1-2H3. The van der Waals surface area contributed by atoms with Crippen molar-refractivity contribution in [2.75, 3.05) is 0 Å². The molecule has 2 nitrogen and oxygen atoms in total. The molecular weight excluding hydrogens is 416 g/mol. The maximum absolute atomic E-state index is 5.97. The number of hydrogen-bond acceptors (Lipinski definition) is 2. The van der Waals surface area contributed by atoms with Crippen LogP contribution in [0.4, 0.5) is 0 Å².